The van der Waals surface area contributed by atoms with Gasteiger partial charge in [0.1, 0.15) is 23.0 Å². The summed E-state index contributed by atoms with van der Waals surface area (Å²) in [5, 5.41) is 0.243. The maximum Gasteiger partial charge on any atom is 0.146 e. The molecule has 0 bridgehead atoms. The Hall–Kier alpha value is -1.68. The van der Waals surface area contributed by atoms with Crippen molar-refractivity contribution in [3.8, 4) is 11.3 Å². The van der Waals surface area contributed by atoms with Crippen molar-refractivity contribution in [2.75, 3.05) is 5.73 Å². The van der Waals surface area contributed by atoms with Crippen LogP contribution in [0.1, 0.15) is 5.56 Å². The van der Waals surface area contributed by atoms with Gasteiger partial charge in [0, 0.05) is 5.56 Å². The maximum atomic E-state index is 13.2. The van der Waals surface area contributed by atoms with Crippen LogP contribution >= 0.6 is 11.6 Å². The number of hydrogen-bond donors (Lipinski definition) is 1. The molecule has 0 radical (unpaired) electrons. The summed E-state index contributed by atoms with van der Waals surface area (Å²) in [7, 11) is 0. The number of benzene rings is 1. The number of halogens is 2. The minimum atomic E-state index is -0.330. The fraction of sp³-hybridized carbons (Fsp3) is 0.0909. The van der Waals surface area contributed by atoms with Crippen LogP contribution in [0.3, 0.4) is 0 Å². The van der Waals surface area contributed by atoms with Gasteiger partial charge in [-0.3, -0.25) is 0 Å². The normalized spacial score (nSPS) is 10.4. The zero-order chi connectivity index (χ0) is 11.7. The van der Waals surface area contributed by atoms with Crippen molar-refractivity contribution in [1.29, 1.82) is 0 Å². The van der Waals surface area contributed by atoms with Gasteiger partial charge in [-0.15, -0.1) is 0 Å². The van der Waals surface area contributed by atoms with E-state index in [4.69, 9.17) is 17.3 Å². The van der Waals surface area contributed by atoms with E-state index in [0.717, 1.165) is 5.56 Å². The monoisotopic (exact) mass is 237 g/mol. The fourth-order valence-electron chi connectivity index (χ4n) is 1.46. The number of hydrogen-bond acceptors (Lipinski definition) is 3. The molecule has 2 rings (SSSR count). The molecular formula is C11H9ClFN3. The van der Waals surface area contributed by atoms with E-state index in [1.807, 2.05) is 0 Å². The molecule has 1 aromatic heterocycles. The van der Waals surface area contributed by atoms with Gasteiger partial charge in [-0.2, -0.15) is 0 Å². The molecule has 1 heterocycles. The van der Waals surface area contributed by atoms with E-state index in [1.165, 1.54) is 18.5 Å². The number of nitrogens with zero attached hydrogens (tertiary/aromatic N) is 2. The van der Waals surface area contributed by atoms with Crippen LogP contribution in [0.2, 0.25) is 5.02 Å². The van der Waals surface area contributed by atoms with Gasteiger partial charge in [0.2, 0.25) is 0 Å². The highest BCUT2D eigenvalue weighted by molar-refractivity contribution is 6.35. The molecule has 5 heteroatoms. The largest absolute Gasteiger partial charge is 0.382 e. The molecule has 2 aromatic rings. The van der Waals surface area contributed by atoms with Gasteiger partial charge < -0.3 is 5.73 Å². The van der Waals surface area contributed by atoms with Crippen molar-refractivity contribution < 1.29 is 4.39 Å². The van der Waals surface area contributed by atoms with E-state index < -0.39 is 0 Å². The molecule has 0 aliphatic carbocycles. The van der Waals surface area contributed by atoms with Gasteiger partial charge in [0.15, 0.2) is 0 Å². The Kier molecular flexibility index (Phi) is 2.75. The summed E-state index contributed by atoms with van der Waals surface area (Å²) in [5.74, 6) is -0.142. The zero-order valence-corrected chi connectivity index (χ0v) is 9.29. The Bertz CT molecular complexity index is 522. The van der Waals surface area contributed by atoms with Crippen LogP contribution < -0.4 is 5.73 Å². The number of aromatic nitrogens is 2. The van der Waals surface area contributed by atoms with Gasteiger partial charge in [0.05, 0.1) is 5.69 Å². The number of rotatable bonds is 1. The Morgan fingerprint density at radius 2 is 2.00 bits per heavy atom. The standard InChI is InChI=1S/C11H9ClFN3/c1-6-2-7(4-8(13)3-6)10-9(12)11(14)16-5-15-10/h2-5H,1H3,(H2,14,15,16). The van der Waals surface area contributed by atoms with Crippen LogP contribution in [0, 0.1) is 12.7 Å². The Balaban J connectivity index is 2.63. The van der Waals surface area contributed by atoms with E-state index in [9.17, 15) is 4.39 Å². The molecule has 0 saturated carbocycles. The van der Waals surface area contributed by atoms with Crippen LogP contribution in [0.25, 0.3) is 11.3 Å². The van der Waals surface area contributed by atoms with Gasteiger partial charge in [-0.25, -0.2) is 14.4 Å². The topological polar surface area (TPSA) is 51.8 Å². The van der Waals surface area contributed by atoms with Gasteiger partial charge >= 0.3 is 0 Å². The lowest BCUT2D eigenvalue weighted by Crippen LogP contribution is -1.96. The smallest absolute Gasteiger partial charge is 0.146 e. The van der Waals surface area contributed by atoms with Crippen molar-refractivity contribution in [1.82, 2.24) is 9.97 Å². The molecule has 0 amide bonds. The zero-order valence-electron chi connectivity index (χ0n) is 8.54. The first-order valence-electron chi connectivity index (χ1n) is 4.61. The number of nitrogens with two attached hydrogens (primary N) is 1. The molecule has 0 atom stereocenters. The Morgan fingerprint density at radius 1 is 1.25 bits per heavy atom. The quantitative estimate of drug-likeness (QED) is 0.830. The molecule has 0 aliphatic rings. The van der Waals surface area contributed by atoms with Crippen LogP contribution in [0.15, 0.2) is 24.5 Å². The summed E-state index contributed by atoms with van der Waals surface area (Å²) in [5.41, 5.74) is 7.39. The second kappa shape index (κ2) is 4.06. The molecule has 16 heavy (non-hydrogen) atoms. The summed E-state index contributed by atoms with van der Waals surface area (Å²) in [6.45, 7) is 1.80. The maximum absolute atomic E-state index is 13.2. The van der Waals surface area contributed by atoms with Crippen molar-refractivity contribution in [2.45, 2.75) is 6.92 Å². The van der Waals surface area contributed by atoms with E-state index in [2.05, 4.69) is 9.97 Å². The highest BCUT2D eigenvalue weighted by atomic mass is 35.5. The third-order valence-electron chi connectivity index (χ3n) is 2.13. The van der Waals surface area contributed by atoms with E-state index in [0.29, 0.717) is 11.3 Å². The van der Waals surface area contributed by atoms with E-state index in [1.54, 1.807) is 13.0 Å². The van der Waals surface area contributed by atoms with Gasteiger partial charge in [-0.1, -0.05) is 11.6 Å². The first-order chi connectivity index (χ1) is 7.58. The summed E-state index contributed by atoms with van der Waals surface area (Å²) in [6.07, 6.45) is 1.30. The molecule has 0 fully saturated rings. The molecular weight excluding hydrogens is 229 g/mol. The Morgan fingerprint density at radius 3 is 2.69 bits per heavy atom. The first-order valence-corrected chi connectivity index (χ1v) is 4.99. The summed E-state index contributed by atoms with van der Waals surface area (Å²) in [6, 6.07) is 4.58. The Labute approximate surface area is 97.1 Å². The van der Waals surface area contributed by atoms with Crippen molar-refractivity contribution in [3.05, 3.63) is 40.9 Å². The van der Waals surface area contributed by atoms with Crippen molar-refractivity contribution in [2.24, 2.45) is 0 Å². The fourth-order valence-corrected chi connectivity index (χ4v) is 1.66. The SMILES string of the molecule is Cc1cc(F)cc(-c2ncnc(N)c2Cl)c1. The summed E-state index contributed by atoms with van der Waals surface area (Å²) < 4.78 is 13.2. The molecule has 2 N–H and O–H groups in total. The summed E-state index contributed by atoms with van der Waals surface area (Å²) in [4.78, 5) is 7.75. The first kappa shape index (κ1) is 10.8. The summed E-state index contributed by atoms with van der Waals surface area (Å²) >= 11 is 5.96. The van der Waals surface area contributed by atoms with Crippen LogP contribution in [-0.2, 0) is 0 Å². The van der Waals surface area contributed by atoms with Gasteiger partial charge in [-0.05, 0) is 30.7 Å². The van der Waals surface area contributed by atoms with Gasteiger partial charge in [0.25, 0.3) is 0 Å². The lowest BCUT2D eigenvalue weighted by atomic mass is 10.1. The molecule has 0 aliphatic heterocycles. The molecule has 0 spiro atoms. The number of nitrogen functional groups attached to an aromatic ring is 1. The number of aryl methyl sites for hydroxylation is 1. The third kappa shape index (κ3) is 1.97. The average Bonchev–Trinajstić information content (AvgIpc) is 2.20. The molecule has 0 saturated heterocycles. The van der Waals surface area contributed by atoms with Crippen LogP contribution in [-0.4, -0.2) is 9.97 Å². The molecule has 3 nitrogen and oxygen atoms in total. The van der Waals surface area contributed by atoms with Crippen molar-refractivity contribution >= 4 is 17.4 Å². The second-order valence-electron chi connectivity index (χ2n) is 3.44. The minimum absolute atomic E-state index is 0.189. The minimum Gasteiger partial charge on any atom is -0.382 e. The lowest BCUT2D eigenvalue weighted by Gasteiger charge is -2.06. The van der Waals surface area contributed by atoms with E-state index >= 15 is 0 Å². The van der Waals surface area contributed by atoms with Crippen LogP contribution in [0.4, 0.5) is 10.2 Å². The highest BCUT2D eigenvalue weighted by Crippen LogP contribution is 2.29. The predicted molar refractivity (Wildman–Crippen MR) is 61.6 cm³/mol. The van der Waals surface area contributed by atoms with Crippen molar-refractivity contribution in [3.63, 3.8) is 0 Å². The molecule has 0 unspecified atom stereocenters. The second-order valence-corrected chi connectivity index (χ2v) is 3.82. The van der Waals surface area contributed by atoms with Crippen LogP contribution in [0.5, 0.6) is 0 Å². The number of anilines is 1. The van der Waals surface area contributed by atoms with E-state index in [-0.39, 0.29) is 16.7 Å². The highest BCUT2D eigenvalue weighted by Gasteiger charge is 2.10. The molecule has 82 valence electrons. The average molecular weight is 238 g/mol. The lowest BCUT2D eigenvalue weighted by molar-refractivity contribution is 0.627. The predicted octanol–water partition coefficient (Wildman–Crippen LogP) is 2.83. The third-order valence-corrected chi connectivity index (χ3v) is 2.50. The molecule has 1 aromatic carbocycles.